The van der Waals surface area contributed by atoms with Gasteiger partial charge in [-0.25, -0.2) is 14.4 Å². The third-order valence-electron chi connectivity index (χ3n) is 5.52. The zero-order chi connectivity index (χ0) is 25.1. The molecular formula is C25H25FN4O4S. The number of benzene rings is 2. The fourth-order valence-electron chi connectivity index (χ4n) is 3.76. The molecule has 0 aliphatic heterocycles. The van der Waals surface area contributed by atoms with Gasteiger partial charge in [0.2, 0.25) is 5.95 Å². The van der Waals surface area contributed by atoms with Gasteiger partial charge < -0.3 is 14.7 Å². The third-order valence-corrected chi connectivity index (χ3v) is 6.47. The van der Waals surface area contributed by atoms with E-state index >= 15 is 0 Å². The van der Waals surface area contributed by atoms with Crippen molar-refractivity contribution < 1.29 is 23.2 Å². The molecule has 0 radical (unpaired) electrons. The molecule has 2 aromatic heterocycles. The van der Waals surface area contributed by atoms with Gasteiger partial charge in [0.25, 0.3) is 5.91 Å². The summed E-state index contributed by atoms with van der Waals surface area (Å²) in [5.74, 6) is 0.150. The number of nitrogens with zero attached hydrogens (tertiary/aromatic N) is 4. The van der Waals surface area contributed by atoms with Crippen LogP contribution in [0.1, 0.15) is 17.3 Å². The molecule has 0 aliphatic rings. The van der Waals surface area contributed by atoms with E-state index in [0.29, 0.717) is 44.8 Å². The Morgan fingerprint density at radius 1 is 1.20 bits per heavy atom. The summed E-state index contributed by atoms with van der Waals surface area (Å²) >= 11 is 0. The molecule has 0 bridgehead atoms. The van der Waals surface area contributed by atoms with Gasteiger partial charge >= 0.3 is 0 Å². The summed E-state index contributed by atoms with van der Waals surface area (Å²) in [5.41, 5.74) is 1.81. The predicted molar refractivity (Wildman–Crippen MR) is 132 cm³/mol. The Kier molecular flexibility index (Phi) is 7.23. The SMILES string of the molecule is CCOc1ccc(F)c(-c2cnc(-n3cc(S(C)=O)c4ccc(C(=O)N(C)CCO)cc43)nc2)c1. The molecule has 1 atom stereocenters. The molecule has 8 nitrogen and oxygen atoms in total. The molecule has 0 saturated heterocycles. The highest BCUT2D eigenvalue weighted by molar-refractivity contribution is 7.84. The summed E-state index contributed by atoms with van der Waals surface area (Å²) in [7, 11) is 0.311. The first-order chi connectivity index (χ1) is 16.8. The van der Waals surface area contributed by atoms with E-state index in [1.165, 1.54) is 23.4 Å². The number of carbonyl (C=O) groups is 1. The molecular weight excluding hydrogens is 471 g/mol. The van der Waals surface area contributed by atoms with Crippen LogP contribution in [0.15, 0.2) is 59.9 Å². The van der Waals surface area contributed by atoms with Crippen LogP contribution in [0.3, 0.4) is 0 Å². The first kappa shape index (κ1) is 24.5. The lowest BCUT2D eigenvalue weighted by molar-refractivity contribution is 0.0767. The molecule has 4 aromatic rings. The quantitative estimate of drug-likeness (QED) is 0.402. The number of halogens is 1. The average molecular weight is 497 g/mol. The number of hydrogen-bond acceptors (Lipinski definition) is 6. The minimum atomic E-state index is -1.30. The summed E-state index contributed by atoms with van der Waals surface area (Å²) in [4.78, 5) is 23.6. The number of likely N-dealkylation sites (N-methyl/N-ethyl adjacent to an activating group) is 1. The molecule has 0 aliphatic carbocycles. The third kappa shape index (κ3) is 4.94. The van der Waals surface area contributed by atoms with Crippen LogP contribution in [0.5, 0.6) is 5.75 Å². The van der Waals surface area contributed by atoms with Crippen molar-refractivity contribution in [1.29, 1.82) is 0 Å². The molecule has 4 rings (SSSR count). The van der Waals surface area contributed by atoms with Crippen molar-refractivity contribution in [3.63, 3.8) is 0 Å². The van der Waals surface area contributed by atoms with Crippen LogP contribution in [0.25, 0.3) is 28.0 Å². The molecule has 182 valence electrons. The monoisotopic (exact) mass is 496 g/mol. The first-order valence-corrected chi connectivity index (χ1v) is 12.5. The average Bonchev–Trinajstić information content (AvgIpc) is 3.24. The zero-order valence-corrected chi connectivity index (χ0v) is 20.4. The van der Waals surface area contributed by atoms with E-state index in [4.69, 9.17) is 9.84 Å². The van der Waals surface area contributed by atoms with Gasteiger partial charge in [-0.05, 0) is 37.3 Å². The van der Waals surface area contributed by atoms with Gasteiger partial charge in [-0.1, -0.05) is 6.07 Å². The van der Waals surface area contributed by atoms with Crippen molar-refractivity contribution in [2.24, 2.45) is 0 Å². The van der Waals surface area contributed by atoms with Crippen LogP contribution < -0.4 is 4.74 Å². The first-order valence-electron chi connectivity index (χ1n) is 10.9. The number of amides is 1. The second-order valence-corrected chi connectivity index (χ2v) is 9.19. The van der Waals surface area contributed by atoms with Crippen LogP contribution >= 0.6 is 0 Å². The maximum absolute atomic E-state index is 14.5. The lowest BCUT2D eigenvalue weighted by Gasteiger charge is -2.16. The normalized spacial score (nSPS) is 12.0. The van der Waals surface area contributed by atoms with Crippen molar-refractivity contribution in [1.82, 2.24) is 19.4 Å². The lowest BCUT2D eigenvalue weighted by atomic mass is 10.1. The number of ether oxygens (including phenoxy) is 1. The van der Waals surface area contributed by atoms with Crippen LogP contribution in [-0.4, -0.2) is 67.7 Å². The molecule has 0 saturated carbocycles. The smallest absolute Gasteiger partial charge is 0.253 e. The fourth-order valence-corrected chi connectivity index (χ4v) is 4.50. The highest BCUT2D eigenvalue weighted by atomic mass is 32.2. The van der Waals surface area contributed by atoms with E-state index in [1.807, 2.05) is 6.92 Å². The summed E-state index contributed by atoms with van der Waals surface area (Å²) in [6, 6.07) is 9.59. The Balaban J connectivity index is 1.77. The molecule has 1 N–H and O–H groups in total. The topological polar surface area (TPSA) is 97.6 Å². The number of hydrogen-bond donors (Lipinski definition) is 1. The highest BCUT2D eigenvalue weighted by Crippen LogP contribution is 2.29. The number of aromatic nitrogens is 3. The minimum Gasteiger partial charge on any atom is -0.494 e. The van der Waals surface area contributed by atoms with E-state index in [1.54, 1.807) is 54.4 Å². The van der Waals surface area contributed by atoms with E-state index in [2.05, 4.69) is 9.97 Å². The molecule has 1 amide bonds. The van der Waals surface area contributed by atoms with E-state index in [-0.39, 0.29) is 25.0 Å². The van der Waals surface area contributed by atoms with Gasteiger partial charge in [-0.2, -0.15) is 0 Å². The van der Waals surface area contributed by atoms with Gasteiger partial charge in [-0.15, -0.1) is 0 Å². The molecule has 2 aromatic carbocycles. The Bertz CT molecular complexity index is 1400. The summed E-state index contributed by atoms with van der Waals surface area (Å²) < 4.78 is 34.0. The summed E-state index contributed by atoms with van der Waals surface area (Å²) in [6.07, 6.45) is 6.27. The van der Waals surface area contributed by atoms with E-state index in [0.717, 1.165) is 0 Å². The van der Waals surface area contributed by atoms with Gasteiger partial charge in [0.1, 0.15) is 11.6 Å². The van der Waals surface area contributed by atoms with Crippen molar-refractivity contribution in [3.05, 3.63) is 66.4 Å². The molecule has 35 heavy (non-hydrogen) atoms. The largest absolute Gasteiger partial charge is 0.494 e. The summed E-state index contributed by atoms with van der Waals surface area (Å²) in [5, 5.41) is 9.85. The fraction of sp³-hybridized carbons (Fsp3) is 0.240. The van der Waals surface area contributed by atoms with Gasteiger partial charge in [-0.3, -0.25) is 13.6 Å². The van der Waals surface area contributed by atoms with Gasteiger partial charge in [0.15, 0.2) is 0 Å². The molecule has 0 fully saturated rings. The van der Waals surface area contributed by atoms with Crippen LogP contribution in [0.4, 0.5) is 4.39 Å². The van der Waals surface area contributed by atoms with Crippen molar-refractivity contribution in [3.8, 4) is 22.8 Å². The lowest BCUT2D eigenvalue weighted by Crippen LogP contribution is -2.29. The number of carbonyl (C=O) groups excluding carboxylic acids is 1. The van der Waals surface area contributed by atoms with Crippen LogP contribution in [0.2, 0.25) is 0 Å². The standard InChI is InChI=1S/C25H25FN4O4S/c1-4-34-18-6-8-21(26)20(12-18)17-13-27-25(28-14-17)30-15-23(35(3)33)19-7-5-16(11-22(19)30)24(32)29(2)9-10-31/h5-8,11-15,31H,4,9-10H2,1-3H3. The van der Waals surface area contributed by atoms with Crippen LogP contribution in [-0.2, 0) is 10.8 Å². The Morgan fingerprint density at radius 3 is 2.60 bits per heavy atom. The molecule has 10 heteroatoms. The zero-order valence-electron chi connectivity index (χ0n) is 19.6. The highest BCUT2D eigenvalue weighted by Gasteiger charge is 2.18. The van der Waals surface area contributed by atoms with Gasteiger partial charge in [0, 0.05) is 60.5 Å². The molecule has 0 spiro atoms. The molecule has 1 unspecified atom stereocenters. The molecule has 2 heterocycles. The van der Waals surface area contributed by atoms with Crippen LogP contribution in [0, 0.1) is 5.82 Å². The predicted octanol–water partition coefficient (Wildman–Crippen LogP) is 3.43. The number of aliphatic hydroxyl groups is 1. The second kappa shape index (κ2) is 10.3. The van der Waals surface area contributed by atoms with Crippen molar-refractivity contribution in [2.45, 2.75) is 11.8 Å². The minimum absolute atomic E-state index is 0.145. The Morgan fingerprint density at radius 2 is 1.94 bits per heavy atom. The number of aliphatic hydroxyl groups excluding tert-OH is 1. The Hall–Kier alpha value is -3.63. The number of fused-ring (bicyclic) bond motifs is 1. The second-order valence-electron chi connectivity index (χ2n) is 7.85. The maximum Gasteiger partial charge on any atom is 0.253 e. The Labute approximate surface area is 204 Å². The maximum atomic E-state index is 14.5. The summed E-state index contributed by atoms with van der Waals surface area (Å²) in [6.45, 7) is 2.37. The number of rotatable bonds is 8. The van der Waals surface area contributed by atoms with Crippen molar-refractivity contribution in [2.75, 3.05) is 33.1 Å². The van der Waals surface area contributed by atoms with E-state index in [9.17, 15) is 13.4 Å². The van der Waals surface area contributed by atoms with Gasteiger partial charge in [0.05, 0.1) is 34.4 Å². The van der Waals surface area contributed by atoms with Crippen molar-refractivity contribution >= 4 is 27.6 Å². The van der Waals surface area contributed by atoms with E-state index < -0.39 is 16.6 Å².